The maximum absolute atomic E-state index is 16.2. The third-order valence-corrected chi connectivity index (χ3v) is 13.6. The first-order chi connectivity index (χ1) is 38.6. The Morgan fingerprint density at radius 3 is 2.16 bits per heavy atom. The molecule has 4 aromatic rings. The third-order valence-electron chi connectivity index (χ3n) is 13.6. The zero-order chi connectivity index (χ0) is 60.3. The summed E-state index contributed by atoms with van der Waals surface area (Å²) < 4.78 is 67.6. The van der Waals surface area contributed by atoms with Gasteiger partial charge >= 0.3 is 18.1 Å². The normalized spacial score (nSPS) is 17.0. The van der Waals surface area contributed by atoms with Gasteiger partial charge in [-0.15, -0.1) is 0 Å². The molecule has 3 heterocycles. The molecule has 26 heteroatoms. The number of hydrogen-bond donors (Lipinski definition) is 7. The van der Waals surface area contributed by atoms with E-state index in [0.717, 1.165) is 35.3 Å². The predicted molar refractivity (Wildman–Crippen MR) is 286 cm³/mol. The number of urea groups is 1. The van der Waals surface area contributed by atoms with Gasteiger partial charge in [-0.3, -0.25) is 33.7 Å². The number of aliphatic hydroxyl groups excluding tert-OH is 1. The van der Waals surface area contributed by atoms with Crippen LogP contribution in [0.1, 0.15) is 83.8 Å². The van der Waals surface area contributed by atoms with Crippen LogP contribution < -0.4 is 27.0 Å². The van der Waals surface area contributed by atoms with Crippen molar-refractivity contribution in [3.63, 3.8) is 0 Å². The first-order valence-electron chi connectivity index (χ1n) is 26.2. The van der Waals surface area contributed by atoms with Crippen molar-refractivity contribution in [1.82, 2.24) is 40.2 Å². The van der Waals surface area contributed by atoms with Crippen molar-refractivity contribution in [3.8, 4) is 11.3 Å². The molecule has 8 N–H and O–H groups in total. The van der Waals surface area contributed by atoms with E-state index in [9.17, 15) is 62.1 Å². The van der Waals surface area contributed by atoms with Gasteiger partial charge < -0.3 is 56.3 Å². The van der Waals surface area contributed by atoms with E-state index >= 15 is 8.78 Å². The van der Waals surface area contributed by atoms with Gasteiger partial charge in [0.2, 0.25) is 17.7 Å². The molecule has 0 aliphatic carbocycles. The molecule has 82 heavy (non-hydrogen) atoms. The number of aliphatic carboxylic acids is 1. The SMILES string of the molecule is CC(C)[C@H](NC(=O)C[C@@H](C(=O)O)N1C(=O)C=CC1=O)C(=O)N[C@@H](CCCNC(N)=O)C(=O)Nc1ccc(COC(=O)N2C[C@@H](CN(C(=O)[C@H](C)O)[C@@H](c3nc(-c4cc(F)ccc4F)cn3Cc3cccc(F)c3)C(C)(C)C)[C@@H](F)C2)cc1. The second kappa shape index (κ2) is 27.2. The number of carbonyl (C=O) groups excluding carboxylic acids is 8. The molecule has 0 saturated carbocycles. The lowest BCUT2D eigenvalue weighted by molar-refractivity contribution is -0.154. The number of aliphatic hydroxyl groups is 1. The van der Waals surface area contributed by atoms with Gasteiger partial charge in [0.25, 0.3) is 17.7 Å². The summed E-state index contributed by atoms with van der Waals surface area (Å²) in [5, 5.41) is 30.6. The van der Waals surface area contributed by atoms with Gasteiger partial charge in [0.05, 0.1) is 24.7 Å². The van der Waals surface area contributed by atoms with E-state index in [-0.39, 0.29) is 68.4 Å². The summed E-state index contributed by atoms with van der Waals surface area (Å²) in [6.45, 7) is 8.38. The summed E-state index contributed by atoms with van der Waals surface area (Å²) >= 11 is 0. The monoisotopic (exact) mass is 1150 g/mol. The van der Waals surface area contributed by atoms with Crippen LogP contribution in [0.4, 0.5) is 32.8 Å². The van der Waals surface area contributed by atoms with Crippen LogP contribution in [0.3, 0.4) is 0 Å². The highest BCUT2D eigenvalue weighted by molar-refractivity contribution is 6.15. The number of hydrogen-bond acceptors (Lipinski definition) is 12. The summed E-state index contributed by atoms with van der Waals surface area (Å²) in [7, 11) is 0. The minimum atomic E-state index is -1.87. The molecule has 7 atom stereocenters. The molecule has 2 aliphatic rings. The first kappa shape index (κ1) is 62.5. The Kier molecular flexibility index (Phi) is 20.7. The van der Waals surface area contributed by atoms with Crippen LogP contribution in [-0.4, -0.2) is 145 Å². The van der Waals surface area contributed by atoms with Crippen LogP contribution in [0.5, 0.6) is 0 Å². The molecule has 2 aliphatic heterocycles. The number of imidazole rings is 1. The highest BCUT2D eigenvalue weighted by atomic mass is 19.1. The second-order valence-corrected chi connectivity index (χ2v) is 21.4. The minimum absolute atomic E-state index is 0.00848. The number of primary amides is 1. The summed E-state index contributed by atoms with van der Waals surface area (Å²) in [5.41, 5.74) is 5.17. The Hall–Kier alpha value is -8.68. The number of halogens is 4. The number of nitrogens with zero attached hydrogens (tertiary/aromatic N) is 5. The maximum Gasteiger partial charge on any atom is 0.410 e. The van der Waals surface area contributed by atoms with Crippen LogP contribution in [0.15, 0.2) is 85.1 Å². The zero-order valence-corrected chi connectivity index (χ0v) is 45.9. The van der Waals surface area contributed by atoms with Crippen molar-refractivity contribution >= 4 is 59.2 Å². The average molecular weight is 1150 g/mol. The van der Waals surface area contributed by atoms with Crippen LogP contribution >= 0.6 is 0 Å². The number of carboxylic acid groups (broad SMARTS) is 1. The lowest BCUT2D eigenvalue weighted by atomic mass is 9.84. The number of aromatic nitrogens is 2. The van der Waals surface area contributed by atoms with Gasteiger partial charge in [-0.25, -0.2) is 36.9 Å². The van der Waals surface area contributed by atoms with Crippen LogP contribution in [0, 0.1) is 34.7 Å². The molecule has 1 fully saturated rings. The van der Waals surface area contributed by atoms with E-state index in [2.05, 4.69) is 21.3 Å². The Labute approximate surface area is 469 Å². The number of ether oxygens (including phenoxy) is 1. The van der Waals surface area contributed by atoms with Crippen LogP contribution in [0.25, 0.3) is 11.3 Å². The molecule has 6 rings (SSSR count). The molecular formula is C56H66F4N10O12. The van der Waals surface area contributed by atoms with Gasteiger partial charge in [-0.2, -0.15) is 0 Å². The number of alkyl halides is 1. The van der Waals surface area contributed by atoms with Crippen molar-refractivity contribution in [2.24, 2.45) is 23.0 Å². The molecule has 22 nitrogen and oxygen atoms in total. The number of benzene rings is 3. The summed E-state index contributed by atoms with van der Waals surface area (Å²) in [6.07, 6.45) is -1.80. The second-order valence-electron chi connectivity index (χ2n) is 21.4. The third kappa shape index (κ3) is 16.2. The number of likely N-dealkylation sites (tertiary alicyclic amines) is 1. The number of carboxylic acids is 1. The Bertz CT molecular complexity index is 3060. The van der Waals surface area contributed by atoms with Crippen molar-refractivity contribution in [3.05, 3.63) is 119 Å². The van der Waals surface area contributed by atoms with Gasteiger partial charge in [0.15, 0.2) is 0 Å². The first-order valence-corrected chi connectivity index (χ1v) is 26.2. The molecule has 1 aromatic heterocycles. The van der Waals surface area contributed by atoms with Gasteiger partial charge in [-0.1, -0.05) is 58.9 Å². The molecular weight excluding hydrogens is 1080 g/mol. The molecule has 3 aromatic carbocycles. The molecule has 0 bridgehead atoms. The highest BCUT2D eigenvalue weighted by Crippen LogP contribution is 2.41. The molecule has 440 valence electrons. The Morgan fingerprint density at radius 2 is 1.55 bits per heavy atom. The molecule has 0 radical (unpaired) electrons. The van der Waals surface area contributed by atoms with Crippen molar-refractivity contribution < 1.29 is 75.7 Å². The topological polar surface area (TPSA) is 305 Å². The van der Waals surface area contributed by atoms with Crippen molar-refractivity contribution in [2.45, 2.75) is 110 Å². The number of rotatable bonds is 24. The van der Waals surface area contributed by atoms with E-state index in [1.54, 1.807) is 45.3 Å². The standard InChI is InChI=1S/C56H66F4N10O12/c1-30(2)47(66-44(72)23-43(53(78)79)70-45(73)18-19-46(70)74)51(76)65-41(11-8-20-62-54(61)80)50(75)63-37-15-12-32(13-16-37)29-82-55(81)68-25-34(40(60)27-68)26-69(52(77)31(3)71)48(56(4,5)6)49-64-42(38-22-36(58)14-17-39(38)59)28-67(49)24-33-9-7-10-35(57)21-33/h7,9-10,12-19,21-22,28,30-31,34,40-41,43,47-48,71H,8,11,20,23-27,29H2,1-6H3,(H,63,75)(H,65,76)(H,66,72)(H,78,79)(H3,61,62,80)/t31-,34-,40-,41-,43-,47-,48-/m0/s1. The summed E-state index contributed by atoms with van der Waals surface area (Å²) in [6, 6.07) is 8.12. The van der Waals surface area contributed by atoms with E-state index in [1.165, 1.54) is 60.5 Å². The molecule has 1 saturated heterocycles. The van der Waals surface area contributed by atoms with E-state index in [0.29, 0.717) is 16.0 Å². The zero-order valence-electron chi connectivity index (χ0n) is 45.9. The number of carbonyl (C=O) groups is 9. The summed E-state index contributed by atoms with van der Waals surface area (Å²) in [5.74, 6) is -10.4. The number of amides is 9. The van der Waals surface area contributed by atoms with Crippen molar-refractivity contribution in [1.29, 1.82) is 0 Å². The van der Waals surface area contributed by atoms with Crippen LogP contribution in [-0.2, 0) is 51.5 Å². The lowest BCUT2D eigenvalue weighted by Gasteiger charge is -2.41. The minimum Gasteiger partial charge on any atom is -0.480 e. The fraction of sp³-hybridized carbons (Fsp3) is 0.429. The van der Waals surface area contributed by atoms with E-state index < -0.39 is 138 Å². The Balaban J connectivity index is 1.12. The maximum atomic E-state index is 16.2. The van der Waals surface area contributed by atoms with Gasteiger partial charge in [-0.05, 0) is 84.7 Å². The molecule has 0 unspecified atom stereocenters. The fourth-order valence-electron chi connectivity index (χ4n) is 9.54. The van der Waals surface area contributed by atoms with Gasteiger partial charge in [0, 0.05) is 61.7 Å². The Morgan fingerprint density at radius 1 is 0.878 bits per heavy atom. The number of anilines is 1. The average Bonchev–Trinajstić information content (AvgIpc) is 3.30. The highest BCUT2D eigenvalue weighted by Gasteiger charge is 2.45. The summed E-state index contributed by atoms with van der Waals surface area (Å²) in [4.78, 5) is 123. The quantitative estimate of drug-likeness (QED) is 0.0285. The van der Waals surface area contributed by atoms with Crippen LogP contribution in [0.2, 0.25) is 0 Å². The molecule has 0 spiro atoms. The van der Waals surface area contributed by atoms with E-state index in [4.69, 9.17) is 15.5 Å². The number of nitrogens with one attached hydrogen (secondary N) is 4. The van der Waals surface area contributed by atoms with E-state index in [1.807, 2.05) is 0 Å². The molecule has 9 amide bonds. The smallest absolute Gasteiger partial charge is 0.410 e. The van der Waals surface area contributed by atoms with Crippen molar-refractivity contribution in [2.75, 3.05) is 31.5 Å². The largest absolute Gasteiger partial charge is 0.480 e. The number of imide groups is 1. The predicted octanol–water partition coefficient (Wildman–Crippen LogP) is 4.70. The van der Waals surface area contributed by atoms with Gasteiger partial charge in [0.1, 0.15) is 60.3 Å². The fourth-order valence-corrected chi connectivity index (χ4v) is 9.54. The lowest BCUT2D eigenvalue weighted by Crippen LogP contribution is -2.55. The number of nitrogens with two attached hydrogens (primary N) is 1.